The first-order chi connectivity index (χ1) is 5.41. The molecule has 0 fully saturated rings. The van der Waals surface area contributed by atoms with Gasteiger partial charge in [0.05, 0.1) is 0 Å². The Morgan fingerprint density at radius 1 is 0.786 bits per heavy atom. The Balaban J connectivity index is 0. The molecule has 14 heteroatoms. The maximum atomic E-state index is 10.3. The first-order valence-electron chi connectivity index (χ1n) is 2.42. The van der Waals surface area contributed by atoms with E-state index >= 15 is 0 Å². The molecular formula is H7NaO10SSi2. The summed E-state index contributed by atoms with van der Waals surface area (Å²) in [6, 6.07) is 0. The first kappa shape index (κ1) is 17.5. The van der Waals surface area contributed by atoms with Gasteiger partial charge in [-0.15, -0.1) is 0 Å². The fourth-order valence-corrected chi connectivity index (χ4v) is 2.92. The molecule has 0 aliphatic heterocycles. The second kappa shape index (κ2) is 5.41. The summed E-state index contributed by atoms with van der Waals surface area (Å²) in [5, 5.41) is 0. The summed E-state index contributed by atoms with van der Waals surface area (Å²) < 4.78 is 26.9. The molecule has 0 unspecified atom stereocenters. The second-order valence-electron chi connectivity index (χ2n) is 1.72. The molecule has 0 aliphatic rings. The Morgan fingerprint density at radius 3 is 1.14 bits per heavy atom. The molecule has 0 aromatic heterocycles. The quantitative estimate of drug-likeness (QED) is 0.272. The molecule has 10 nitrogen and oxygen atoms in total. The van der Waals surface area contributed by atoms with Crippen molar-refractivity contribution in [2.24, 2.45) is 0 Å². The van der Waals surface area contributed by atoms with E-state index in [4.69, 9.17) is 28.8 Å². The zero-order valence-electron chi connectivity index (χ0n) is 5.72. The van der Waals surface area contributed by atoms with Gasteiger partial charge in [0.25, 0.3) is 0 Å². The summed E-state index contributed by atoms with van der Waals surface area (Å²) in [5.74, 6) is 0. The Labute approximate surface area is 103 Å². The predicted molar refractivity (Wildman–Crippen MR) is 43.1 cm³/mol. The topological polar surface area (TPSA) is 174 Å². The zero-order chi connectivity index (χ0) is 10.9. The summed E-state index contributed by atoms with van der Waals surface area (Å²) in [5.41, 5.74) is 0. The molecule has 82 valence electrons. The van der Waals surface area contributed by atoms with Crippen LogP contribution in [0.1, 0.15) is 0 Å². The van der Waals surface area contributed by atoms with Crippen LogP contribution in [0.15, 0.2) is 0 Å². The van der Waals surface area contributed by atoms with Crippen molar-refractivity contribution in [1.29, 1.82) is 0 Å². The first-order valence-corrected chi connectivity index (χ1v) is 7.25. The van der Waals surface area contributed by atoms with Gasteiger partial charge in [-0.1, -0.05) is 0 Å². The Bertz CT molecular complexity index is 233. The van der Waals surface area contributed by atoms with Crippen LogP contribution in [0.25, 0.3) is 0 Å². The molecule has 0 radical (unpaired) electrons. The van der Waals surface area contributed by atoms with Crippen molar-refractivity contribution in [2.75, 3.05) is 0 Å². The van der Waals surface area contributed by atoms with E-state index in [0.29, 0.717) is 0 Å². The minimum atomic E-state index is -5.42. The summed E-state index contributed by atoms with van der Waals surface area (Å²) >= 11 is 0. The van der Waals surface area contributed by atoms with Gasteiger partial charge in [-0.25, -0.2) is 7.74 Å². The van der Waals surface area contributed by atoms with E-state index in [1.807, 2.05) is 0 Å². The molecule has 6 N–H and O–H groups in total. The molecule has 0 aromatic carbocycles. The van der Waals surface area contributed by atoms with Crippen molar-refractivity contribution in [3.05, 3.63) is 0 Å². The van der Waals surface area contributed by atoms with Crippen LogP contribution in [0.4, 0.5) is 0 Å². The third-order valence-corrected chi connectivity index (χ3v) is 3.85. The molecule has 0 aliphatic carbocycles. The van der Waals surface area contributed by atoms with Gasteiger partial charge in [0, 0.05) is 0 Å². The Kier molecular flexibility index (Phi) is 6.75. The van der Waals surface area contributed by atoms with Crippen LogP contribution < -0.4 is 0 Å². The van der Waals surface area contributed by atoms with Crippen molar-refractivity contribution in [2.45, 2.75) is 0 Å². The van der Waals surface area contributed by atoms with Crippen molar-refractivity contribution in [3.8, 4) is 0 Å². The maximum absolute atomic E-state index is 10.3. The van der Waals surface area contributed by atoms with E-state index in [1.165, 1.54) is 0 Å². The predicted octanol–water partition coefficient (Wildman–Crippen LogP) is -5.56. The average molecular weight is 278 g/mol. The van der Waals surface area contributed by atoms with E-state index in [-0.39, 0.29) is 29.6 Å². The third-order valence-electron chi connectivity index (χ3n) is 0.428. The van der Waals surface area contributed by atoms with E-state index < -0.39 is 28.5 Å². The van der Waals surface area contributed by atoms with Crippen LogP contribution in [0, 0.1) is 0 Å². The van der Waals surface area contributed by atoms with Crippen LogP contribution in [0.3, 0.4) is 0 Å². The Hall–Kier alpha value is 1.06. The van der Waals surface area contributed by atoms with E-state index in [1.54, 1.807) is 0 Å². The molecular weight excluding hydrogens is 271 g/mol. The van der Waals surface area contributed by atoms with Gasteiger partial charge in [-0.05, 0) is 0 Å². The van der Waals surface area contributed by atoms with Gasteiger partial charge >= 0.3 is 58.1 Å². The van der Waals surface area contributed by atoms with Gasteiger partial charge in [-0.3, -0.25) is 0 Å². The minimum absolute atomic E-state index is 0. The van der Waals surface area contributed by atoms with Crippen LogP contribution >= 0.6 is 0 Å². The molecule has 0 saturated heterocycles. The van der Waals surface area contributed by atoms with Gasteiger partial charge in [0.15, 0.2) is 0 Å². The van der Waals surface area contributed by atoms with Crippen molar-refractivity contribution >= 4 is 58.1 Å². The second-order valence-corrected chi connectivity index (χ2v) is 6.17. The monoisotopic (exact) mass is 278 g/mol. The van der Waals surface area contributed by atoms with Crippen molar-refractivity contribution in [1.82, 2.24) is 0 Å². The van der Waals surface area contributed by atoms with E-state index in [9.17, 15) is 8.42 Å². The molecule has 0 bridgehead atoms. The van der Waals surface area contributed by atoms with Crippen LogP contribution in [0.2, 0.25) is 0 Å². The molecule has 0 saturated carbocycles. The average Bonchev–Trinajstić information content (AvgIpc) is 1.43. The fourth-order valence-electron chi connectivity index (χ4n) is 0.291. The van der Waals surface area contributed by atoms with E-state index in [2.05, 4.69) is 7.74 Å². The molecule has 0 amide bonds. The number of hydrogen-bond donors (Lipinski definition) is 6. The number of rotatable bonds is 4. The standard InChI is InChI=1S/Na.H6O10SSi2.H/c;1-11(2,9-12(3,4)5)10-13(6,7)8;/h;3-8H;. The fraction of sp³-hybridized carbons (Fsp3) is 0. The Morgan fingerprint density at radius 2 is 1.00 bits per heavy atom. The molecule has 0 heterocycles. The van der Waals surface area contributed by atoms with Gasteiger partial charge in [0.1, 0.15) is 0 Å². The molecule has 0 rings (SSSR count). The van der Waals surface area contributed by atoms with Gasteiger partial charge in [-0.2, -0.15) is 8.42 Å². The van der Waals surface area contributed by atoms with Gasteiger partial charge in [0.2, 0.25) is 0 Å². The summed E-state index contributed by atoms with van der Waals surface area (Å²) in [6.45, 7) is 0. The summed E-state index contributed by atoms with van der Waals surface area (Å²) in [7, 11) is -16.1. The SMILES string of the molecule is O=S(=O)(O[Si](O)(O)O)O[Si](O)(O)O.[NaH]. The van der Waals surface area contributed by atoms with E-state index in [0.717, 1.165) is 0 Å². The van der Waals surface area contributed by atoms with Crippen molar-refractivity contribution < 1.29 is 44.9 Å². The van der Waals surface area contributed by atoms with Crippen LogP contribution in [-0.4, -0.2) is 84.8 Å². The van der Waals surface area contributed by atoms with Crippen molar-refractivity contribution in [3.63, 3.8) is 0 Å². The molecule has 0 aromatic rings. The van der Waals surface area contributed by atoms with Crippen LogP contribution in [-0.2, 0) is 18.1 Å². The normalized spacial score (nSPS) is 13.6. The molecule has 0 spiro atoms. The summed E-state index contributed by atoms with van der Waals surface area (Å²) in [4.78, 5) is 48.5. The zero-order valence-corrected chi connectivity index (χ0v) is 8.54. The van der Waals surface area contributed by atoms with Gasteiger partial charge < -0.3 is 28.8 Å². The number of hydrogen-bond acceptors (Lipinski definition) is 10. The summed E-state index contributed by atoms with van der Waals surface area (Å²) in [6.07, 6.45) is 0. The van der Waals surface area contributed by atoms with Crippen LogP contribution in [0.5, 0.6) is 0 Å². The molecule has 0 atom stereocenters. The molecule has 14 heavy (non-hydrogen) atoms. The third kappa shape index (κ3) is 11.1.